The molecule has 1 heterocycles. The average molecular weight is 403 g/mol. The summed E-state index contributed by atoms with van der Waals surface area (Å²) in [6.07, 6.45) is 0.384. The zero-order chi connectivity index (χ0) is 21.8. The highest BCUT2D eigenvalue weighted by atomic mass is 16.5. The Morgan fingerprint density at radius 2 is 1.79 bits per heavy atom. The minimum Gasteiger partial charge on any atom is -0.456 e. The van der Waals surface area contributed by atoms with E-state index < -0.39 is 42.4 Å². The highest BCUT2D eigenvalue weighted by Crippen LogP contribution is 2.20. The molecular formula is C20H25N3O6. The molecule has 0 unspecified atom stereocenters. The zero-order valence-electron chi connectivity index (χ0n) is 16.9. The minimum absolute atomic E-state index is 0.141. The number of hydrogen-bond acceptors (Lipinski definition) is 6. The Morgan fingerprint density at radius 3 is 2.31 bits per heavy atom. The summed E-state index contributed by atoms with van der Waals surface area (Å²) in [7, 11) is 0. The van der Waals surface area contributed by atoms with Crippen molar-refractivity contribution in [3.63, 3.8) is 0 Å². The fraction of sp³-hybridized carbons (Fsp3) is 0.450. The molecule has 1 saturated heterocycles. The van der Waals surface area contributed by atoms with E-state index in [0.717, 1.165) is 4.90 Å². The minimum atomic E-state index is -1.04. The molecule has 1 atom stereocenters. The number of urea groups is 1. The van der Waals surface area contributed by atoms with Crippen LogP contribution in [0.5, 0.6) is 0 Å². The van der Waals surface area contributed by atoms with Crippen LogP contribution in [0.25, 0.3) is 0 Å². The topological polar surface area (TPSA) is 122 Å². The van der Waals surface area contributed by atoms with E-state index in [2.05, 4.69) is 10.6 Å². The van der Waals surface area contributed by atoms with Crippen LogP contribution in [-0.2, 0) is 19.1 Å². The van der Waals surface area contributed by atoms with Crippen molar-refractivity contribution in [1.29, 1.82) is 0 Å². The van der Waals surface area contributed by atoms with Gasteiger partial charge in [0.15, 0.2) is 12.4 Å². The fourth-order valence-electron chi connectivity index (χ4n) is 2.56. The maximum Gasteiger partial charge on any atom is 0.326 e. The molecule has 4 amide bonds. The predicted octanol–water partition coefficient (Wildman–Crippen LogP) is 1.73. The number of carbonyl (C=O) groups excluding carboxylic acids is 5. The molecule has 1 fully saturated rings. The Bertz CT molecular complexity index is 833. The van der Waals surface area contributed by atoms with Crippen LogP contribution in [0.1, 0.15) is 44.5 Å². The Kier molecular flexibility index (Phi) is 6.73. The number of hydrogen-bond donors (Lipinski definition) is 2. The number of amides is 4. The van der Waals surface area contributed by atoms with Crippen LogP contribution in [0.2, 0.25) is 0 Å². The van der Waals surface area contributed by atoms with E-state index >= 15 is 0 Å². The van der Waals surface area contributed by atoms with Gasteiger partial charge in [0.25, 0.3) is 5.91 Å². The maximum absolute atomic E-state index is 12.3. The standard InChI is InChI=1S/C20H25N3O6/c1-5-20(4)18(27)23(19(28)22-20)10-16(25)29-11-15(24)13-6-8-14(9-7-13)21-17(26)12(2)3/h6-9,12H,5,10-11H2,1-4H3,(H,21,26)(H,22,28)/t20-/m0/s1. The molecule has 0 radical (unpaired) electrons. The number of nitrogens with zero attached hydrogens (tertiary/aromatic N) is 1. The van der Waals surface area contributed by atoms with Crippen LogP contribution in [0.4, 0.5) is 10.5 Å². The molecule has 9 nitrogen and oxygen atoms in total. The van der Waals surface area contributed by atoms with Crippen molar-refractivity contribution < 1.29 is 28.7 Å². The molecule has 1 aromatic carbocycles. The number of nitrogens with one attached hydrogen (secondary N) is 2. The number of ether oxygens (including phenoxy) is 1. The summed E-state index contributed by atoms with van der Waals surface area (Å²) in [5.41, 5.74) is -0.191. The molecule has 0 spiro atoms. The van der Waals surface area contributed by atoms with Crippen molar-refractivity contribution in [3.05, 3.63) is 29.8 Å². The number of benzene rings is 1. The number of ketones is 1. The molecule has 0 aliphatic carbocycles. The number of Topliss-reactive ketones (excluding diaryl/α,β-unsaturated/α-hetero) is 1. The second-order valence-electron chi connectivity index (χ2n) is 7.31. The van der Waals surface area contributed by atoms with E-state index in [0.29, 0.717) is 17.7 Å². The van der Waals surface area contributed by atoms with Crippen molar-refractivity contribution in [2.24, 2.45) is 5.92 Å². The predicted molar refractivity (Wildman–Crippen MR) is 104 cm³/mol. The SMILES string of the molecule is CC[C@]1(C)NC(=O)N(CC(=O)OCC(=O)c2ccc(NC(=O)C(C)C)cc2)C1=O. The summed E-state index contributed by atoms with van der Waals surface area (Å²) < 4.78 is 4.91. The van der Waals surface area contributed by atoms with E-state index in [1.807, 2.05) is 0 Å². The Labute approximate surface area is 168 Å². The number of esters is 1. The van der Waals surface area contributed by atoms with Crippen LogP contribution in [0.15, 0.2) is 24.3 Å². The second kappa shape index (κ2) is 8.85. The lowest BCUT2D eigenvalue weighted by Gasteiger charge is -2.18. The van der Waals surface area contributed by atoms with Gasteiger partial charge in [-0.25, -0.2) is 4.79 Å². The maximum atomic E-state index is 12.3. The van der Waals surface area contributed by atoms with E-state index in [1.54, 1.807) is 39.8 Å². The van der Waals surface area contributed by atoms with Gasteiger partial charge in [-0.05, 0) is 37.6 Å². The van der Waals surface area contributed by atoms with Crippen LogP contribution >= 0.6 is 0 Å². The lowest BCUT2D eigenvalue weighted by Crippen LogP contribution is -2.43. The monoisotopic (exact) mass is 403 g/mol. The Balaban J connectivity index is 1.87. The molecule has 0 bridgehead atoms. The molecule has 1 aromatic rings. The molecule has 29 heavy (non-hydrogen) atoms. The first-order chi connectivity index (χ1) is 13.6. The third kappa shape index (κ3) is 5.18. The van der Waals surface area contributed by atoms with Gasteiger partial charge in [-0.15, -0.1) is 0 Å². The molecule has 1 aliphatic rings. The first kappa shape index (κ1) is 22.1. The molecule has 2 rings (SSSR count). The summed E-state index contributed by atoms with van der Waals surface area (Å²) in [5, 5.41) is 5.24. The van der Waals surface area contributed by atoms with Crippen LogP contribution < -0.4 is 10.6 Å². The summed E-state index contributed by atoms with van der Waals surface area (Å²) in [6, 6.07) is 5.51. The van der Waals surface area contributed by atoms with Gasteiger partial charge in [0.2, 0.25) is 5.91 Å². The summed E-state index contributed by atoms with van der Waals surface area (Å²) in [6.45, 7) is 5.78. The van der Waals surface area contributed by atoms with Gasteiger partial charge in [0.1, 0.15) is 12.1 Å². The van der Waals surface area contributed by atoms with Crippen molar-refractivity contribution >= 4 is 35.3 Å². The van der Waals surface area contributed by atoms with Gasteiger partial charge < -0.3 is 15.4 Å². The van der Waals surface area contributed by atoms with E-state index in [-0.39, 0.29) is 11.8 Å². The van der Waals surface area contributed by atoms with Gasteiger partial charge in [-0.3, -0.25) is 24.1 Å². The molecule has 0 aromatic heterocycles. The molecule has 2 N–H and O–H groups in total. The third-order valence-corrected chi connectivity index (χ3v) is 4.70. The highest BCUT2D eigenvalue weighted by Gasteiger charge is 2.47. The van der Waals surface area contributed by atoms with Gasteiger partial charge in [0, 0.05) is 17.2 Å². The highest BCUT2D eigenvalue weighted by molar-refractivity contribution is 6.08. The van der Waals surface area contributed by atoms with E-state index in [1.165, 1.54) is 12.1 Å². The number of anilines is 1. The molecule has 1 aliphatic heterocycles. The summed E-state index contributed by atoms with van der Waals surface area (Å²) in [5.74, 6) is -2.13. The molecule has 156 valence electrons. The van der Waals surface area contributed by atoms with Crippen molar-refractivity contribution in [1.82, 2.24) is 10.2 Å². The van der Waals surface area contributed by atoms with Gasteiger partial charge in [-0.2, -0.15) is 0 Å². The van der Waals surface area contributed by atoms with Crippen LogP contribution in [0.3, 0.4) is 0 Å². The smallest absolute Gasteiger partial charge is 0.326 e. The van der Waals surface area contributed by atoms with Crippen LogP contribution in [0, 0.1) is 5.92 Å². The van der Waals surface area contributed by atoms with Gasteiger partial charge in [-0.1, -0.05) is 20.8 Å². The summed E-state index contributed by atoms with van der Waals surface area (Å²) in [4.78, 5) is 60.7. The third-order valence-electron chi connectivity index (χ3n) is 4.70. The summed E-state index contributed by atoms with van der Waals surface area (Å²) >= 11 is 0. The van der Waals surface area contributed by atoms with Crippen molar-refractivity contribution in [2.45, 2.75) is 39.7 Å². The first-order valence-electron chi connectivity index (χ1n) is 9.31. The first-order valence-corrected chi connectivity index (χ1v) is 9.31. The zero-order valence-corrected chi connectivity index (χ0v) is 16.9. The Morgan fingerprint density at radius 1 is 1.17 bits per heavy atom. The van der Waals surface area contributed by atoms with Crippen molar-refractivity contribution in [3.8, 4) is 0 Å². The van der Waals surface area contributed by atoms with Crippen molar-refractivity contribution in [2.75, 3.05) is 18.5 Å². The quantitative estimate of drug-likeness (QED) is 0.387. The van der Waals surface area contributed by atoms with Crippen LogP contribution in [-0.4, -0.2) is 53.2 Å². The molecule has 0 saturated carbocycles. The normalized spacial score (nSPS) is 18.6. The van der Waals surface area contributed by atoms with E-state index in [4.69, 9.17) is 4.74 Å². The second-order valence-corrected chi connectivity index (χ2v) is 7.31. The largest absolute Gasteiger partial charge is 0.456 e. The Hall–Kier alpha value is -3.23. The number of imide groups is 1. The van der Waals surface area contributed by atoms with Gasteiger partial charge in [0.05, 0.1) is 0 Å². The lowest BCUT2D eigenvalue weighted by molar-refractivity contribution is -0.146. The molecule has 9 heteroatoms. The average Bonchev–Trinajstić information content (AvgIpc) is 2.90. The van der Waals surface area contributed by atoms with Gasteiger partial charge >= 0.3 is 12.0 Å². The molecular weight excluding hydrogens is 378 g/mol. The lowest BCUT2D eigenvalue weighted by atomic mass is 9.99. The van der Waals surface area contributed by atoms with E-state index in [9.17, 15) is 24.0 Å². The number of rotatable bonds is 8. The number of carbonyl (C=O) groups is 5. The fourth-order valence-corrected chi connectivity index (χ4v) is 2.56.